The van der Waals surface area contributed by atoms with Crippen LogP contribution in [0.1, 0.15) is 48.9 Å². The molecular weight excluding hydrogens is 334 g/mol. The maximum Gasteiger partial charge on any atom is 0.310 e. The highest BCUT2D eigenvalue weighted by atomic mass is 16.5. The number of aromatic amines is 1. The summed E-state index contributed by atoms with van der Waals surface area (Å²) in [7, 11) is 0. The second-order valence-corrected chi connectivity index (χ2v) is 7.12. The van der Waals surface area contributed by atoms with Gasteiger partial charge in [0.25, 0.3) is 0 Å². The van der Waals surface area contributed by atoms with E-state index in [1.54, 1.807) is 0 Å². The monoisotopic (exact) mass is 359 g/mol. The molecule has 27 heavy (non-hydrogen) atoms. The molecule has 3 nitrogen and oxygen atoms in total. The van der Waals surface area contributed by atoms with Crippen molar-refractivity contribution in [1.29, 1.82) is 0 Å². The molecule has 1 aromatic heterocycles. The van der Waals surface area contributed by atoms with Crippen LogP contribution in [0.25, 0.3) is 16.5 Å². The van der Waals surface area contributed by atoms with E-state index < -0.39 is 0 Å². The summed E-state index contributed by atoms with van der Waals surface area (Å²) in [6.07, 6.45) is 5.84. The zero-order valence-electron chi connectivity index (χ0n) is 15.7. The first-order chi connectivity index (χ1) is 13.3. The Morgan fingerprint density at radius 2 is 1.89 bits per heavy atom. The topological polar surface area (TPSA) is 42.1 Å². The van der Waals surface area contributed by atoms with Gasteiger partial charge in [-0.25, -0.2) is 0 Å². The molecule has 1 heterocycles. The first kappa shape index (κ1) is 17.6. The lowest BCUT2D eigenvalue weighted by Gasteiger charge is -2.22. The Kier molecular flexibility index (Phi) is 5.10. The van der Waals surface area contributed by atoms with Gasteiger partial charge in [-0.2, -0.15) is 0 Å². The van der Waals surface area contributed by atoms with Gasteiger partial charge in [0.2, 0.25) is 0 Å². The largest absolute Gasteiger partial charge is 0.466 e. The van der Waals surface area contributed by atoms with E-state index in [9.17, 15) is 4.79 Å². The van der Waals surface area contributed by atoms with E-state index in [0.717, 1.165) is 41.4 Å². The molecule has 0 aliphatic heterocycles. The molecule has 1 aliphatic rings. The van der Waals surface area contributed by atoms with E-state index in [-0.39, 0.29) is 5.97 Å². The molecule has 3 heteroatoms. The highest BCUT2D eigenvalue weighted by Gasteiger charge is 2.22. The summed E-state index contributed by atoms with van der Waals surface area (Å²) in [4.78, 5) is 15.7. The number of allylic oxidation sites excluding steroid dienone is 2. The number of ether oxygens (including phenoxy) is 1. The summed E-state index contributed by atoms with van der Waals surface area (Å²) in [5.74, 6) is 0.412. The zero-order valence-corrected chi connectivity index (χ0v) is 15.7. The predicted octanol–water partition coefficient (Wildman–Crippen LogP) is 5.62. The van der Waals surface area contributed by atoms with Gasteiger partial charge in [-0.3, -0.25) is 4.79 Å². The minimum atomic E-state index is -0.165. The minimum absolute atomic E-state index is 0.165. The number of nitrogens with one attached hydrogen (secondary N) is 1. The minimum Gasteiger partial charge on any atom is -0.466 e. The standard InChI is InChI=1S/C24H25NO2/c1-2-27-23(26)16-21-20-10-6-7-11-22(20)25-24(21)19-14-12-18(13-15-19)17-8-4-3-5-9-17/h3-11,14,18,25H,2,12-13,15-16H2,1H3. The van der Waals surface area contributed by atoms with Gasteiger partial charge in [0.1, 0.15) is 0 Å². The fourth-order valence-electron chi connectivity index (χ4n) is 4.10. The number of carbonyl (C=O) groups is 1. The first-order valence-electron chi connectivity index (χ1n) is 9.75. The molecule has 1 atom stereocenters. The van der Waals surface area contributed by atoms with Crippen molar-refractivity contribution in [2.75, 3.05) is 6.61 Å². The third-order valence-electron chi connectivity index (χ3n) is 5.44. The van der Waals surface area contributed by atoms with Crippen molar-refractivity contribution in [3.8, 4) is 0 Å². The molecule has 3 aromatic rings. The lowest BCUT2D eigenvalue weighted by Crippen LogP contribution is -2.10. The number of hydrogen-bond acceptors (Lipinski definition) is 2. The van der Waals surface area contributed by atoms with Crippen LogP contribution in [-0.4, -0.2) is 17.6 Å². The van der Waals surface area contributed by atoms with Gasteiger partial charge in [-0.15, -0.1) is 0 Å². The van der Waals surface area contributed by atoms with E-state index >= 15 is 0 Å². The molecule has 0 radical (unpaired) electrons. The lowest BCUT2D eigenvalue weighted by atomic mass is 9.83. The molecular formula is C24H25NO2. The van der Waals surface area contributed by atoms with Gasteiger partial charge in [0.15, 0.2) is 0 Å². The molecule has 0 fully saturated rings. The van der Waals surface area contributed by atoms with Crippen LogP contribution in [0.4, 0.5) is 0 Å². The van der Waals surface area contributed by atoms with Crippen LogP contribution >= 0.6 is 0 Å². The predicted molar refractivity (Wildman–Crippen MR) is 110 cm³/mol. The Bertz CT molecular complexity index is 968. The Morgan fingerprint density at radius 3 is 2.63 bits per heavy atom. The van der Waals surface area contributed by atoms with Crippen LogP contribution < -0.4 is 0 Å². The van der Waals surface area contributed by atoms with Crippen molar-refractivity contribution in [3.63, 3.8) is 0 Å². The summed E-state index contributed by atoms with van der Waals surface area (Å²) in [5.41, 5.74) is 5.98. The van der Waals surface area contributed by atoms with Crippen molar-refractivity contribution in [2.45, 2.75) is 38.5 Å². The number of para-hydroxylation sites is 1. The zero-order chi connectivity index (χ0) is 18.6. The number of aromatic nitrogens is 1. The average molecular weight is 359 g/mol. The van der Waals surface area contributed by atoms with E-state index in [4.69, 9.17) is 4.74 Å². The maximum absolute atomic E-state index is 12.2. The first-order valence-corrected chi connectivity index (χ1v) is 9.75. The second kappa shape index (κ2) is 7.83. The highest BCUT2D eigenvalue weighted by Crippen LogP contribution is 2.38. The summed E-state index contributed by atoms with van der Waals surface area (Å²) < 4.78 is 5.21. The highest BCUT2D eigenvalue weighted by molar-refractivity contribution is 5.92. The van der Waals surface area contributed by atoms with Crippen LogP contribution in [0.2, 0.25) is 0 Å². The van der Waals surface area contributed by atoms with Gasteiger partial charge in [0, 0.05) is 16.6 Å². The van der Waals surface area contributed by atoms with Gasteiger partial charge < -0.3 is 9.72 Å². The molecule has 1 N–H and O–H groups in total. The molecule has 0 spiro atoms. The molecule has 2 aromatic carbocycles. The summed E-state index contributed by atoms with van der Waals surface area (Å²) in [6.45, 7) is 2.26. The SMILES string of the molecule is CCOC(=O)Cc1c(C2=CCC(c3ccccc3)CC2)[nH]c2ccccc12. The third kappa shape index (κ3) is 3.68. The fraction of sp³-hybridized carbons (Fsp3) is 0.292. The number of benzene rings is 2. The van der Waals surface area contributed by atoms with E-state index in [1.807, 2.05) is 19.1 Å². The van der Waals surface area contributed by atoms with E-state index in [2.05, 4.69) is 53.5 Å². The fourth-order valence-corrected chi connectivity index (χ4v) is 4.10. The van der Waals surface area contributed by atoms with Gasteiger partial charge >= 0.3 is 5.97 Å². The Balaban J connectivity index is 1.65. The quantitative estimate of drug-likeness (QED) is 0.600. The van der Waals surface area contributed by atoms with Crippen molar-refractivity contribution in [2.24, 2.45) is 0 Å². The van der Waals surface area contributed by atoms with Gasteiger partial charge in [-0.1, -0.05) is 54.6 Å². The maximum atomic E-state index is 12.2. The number of hydrogen-bond donors (Lipinski definition) is 1. The lowest BCUT2D eigenvalue weighted by molar-refractivity contribution is -0.142. The average Bonchev–Trinajstić information content (AvgIpc) is 3.07. The Hall–Kier alpha value is -2.81. The summed E-state index contributed by atoms with van der Waals surface area (Å²) >= 11 is 0. The molecule has 138 valence electrons. The Morgan fingerprint density at radius 1 is 1.11 bits per heavy atom. The molecule has 4 rings (SSSR count). The van der Waals surface area contributed by atoms with Gasteiger partial charge in [0.05, 0.1) is 13.0 Å². The summed E-state index contributed by atoms with van der Waals surface area (Å²) in [5, 5.41) is 1.12. The van der Waals surface area contributed by atoms with Crippen molar-refractivity contribution >= 4 is 22.4 Å². The van der Waals surface area contributed by atoms with Crippen molar-refractivity contribution < 1.29 is 9.53 Å². The van der Waals surface area contributed by atoms with Crippen LogP contribution in [0.5, 0.6) is 0 Å². The van der Waals surface area contributed by atoms with Crippen molar-refractivity contribution in [3.05, 3.63) is 77.5 Å². The molecule has 0 bridgehead atoms. The summed E-state index contributed by atoms with van der Waals surface area (Å²) in [6, 6.07) is 18.9. The number of carbonyl (C=O) groups excluding carboxylic acids is 1. The molecule has 0 saturated heterocycles. The number of fused-ring (bicyclic) bond motifs is 1. The van der Waals surface area contributed by atoms with Crippen LogP contribution in [-0.2, 0) is 16.0 Å². The van der Waals surface area contributed by atoms with Crippen molar-refractivity contribution in [1.82, 2.24) is 4.98 Å². The van der Waals surface area contributed by atoms with Crippen LogP contribution in [0.3, 0.4) is 0 Å². The second-order valence-electron chi connectivity index (χ2n) is 7.12. The third-order valence-corrected chi connectivity index (χ3v) is 5.44. The van der Waals surface area contributed by atoms with Crippen LogP contribution in [0.15, 0.2) is 60.7 Å². The molecule has 0 saturated carbocycles. The number of rotatable bonds is 5. The van der Waals surface area contributed by atoms with E-state index in [1.165, 1.54) is 11.1 Å². The van der Waals surface area contributed by atoms with Gasteiger partial charge in [-0.05, 0) is 54.9 Å². The Labute approximate surface area is 160 Å². The molecule has 1 aliphatic carbocycles. The number of esters is 1. The molecule has 1 unspecified atom stereocenters. The molecule has 0 amide bonds. The normalized spacial score (nSPS) is 16.9. The number of H-pyrrole nitrogens is 1. The van der Waals surface area contributed by atoms with E-state index in [0.29, 0.717) is 18.9 Å². The smallest absolute Gasteiger partial charge is 0.310 e. The van der Waals surface area contributed by atoms with Crippen LogP contribution in [0, 0.1) is 0 Å².